The zero-order chi connectivity index (χ0) is 19.9. The fourth-order valence-corrected chi connectivity index (χ4v) is 2.69. The molecule has 0 spiro atoms. The lowest BCUT2D eigenvalue weighted by Gasteiger charge is -2.13. The molecule has 1 aliphatic rings. The van der Waals surface area contributed by atoms with Crippen LogP contribution in [0.2, 0.25) is 5.02 Å². The van der Waals surface area contributed by atoms with Crippen LogP contribution in [0.25, 0.3) is 0 Å². The predicted molar refractivity (Wildman–Crippen MR) is 105 cm³/mol. The Morgan fingerprint density at radius 1 is 1.14 bits per heavy atom. The van der Waals surface area contributed by atoms with Crippen molar-refractivity contribution in [2.24, 2.45) is 5.92 Å². The standard InChI is InChI=1S/C21H22ClNO5/c1-26-19-10-15(21(25)23-11-20(24)28-12-14-6-7-14)8-9-18(19)27-13-16-4-2-3-5-17(16)22/h2-5,8-10,14H,6-7,11-13H2,1H3,(H,23,25). The van der Waals surface area contributed by atoms with Gasteiger partial charge >= 0.3 is 5.97 Å². The molecule has 7 heteroatoms. The Morgan fingerprint density at radius 3 is 2.64 bits per heavy atom. The quantitative estimate of drug-likeness (QED) is 0.647. The molecular formula is C21H22ClNO5. The van der Waals surface area contributed by atoms with Crippen LogP contribution in [0.3, 0.4) is 0 Å². The number of amides is 1. The molecule has 2 aromatic carbocycles. The average molecular weight is 404 g/mol. The van der Waals surface area contributed by atoms with E-state index in [1.54, 1.807) is 24.3 Å². The molecule has 0 atom stereocenters. The van der Waals surface area contributed by atoms with Gasteiger partial charge in [0.25, 0.3) is 5.91 Å². The van der Waals surface area contributed by atoms with Gasteiger partial charge in [-0.2, -0.15) is 0 Å². The van der Waals surface area contributed by atoms with E-state index < -0.39 is 5.97 Å². The number of benzene rings is 2. The summed E-state index contributed by atoms with van der Waals surface area (Å²) in [7, 11) is 1.49. The summed E-state index contributed by atoms with van der Waals surface area (Å²) in [6, 6.07) is 12.2. The smallest absolute Gasteiger partial charge is 0.325 e. The summed E-state index contributed by atoms with van der Waals surface area (Å²) in [5, 5.41) is 3.17. The molecule has 1 N–H and O–H groups in total. The minimum Gasteiger partial charge on any atom is -0.493 e. The lowest BCUT2D eigenvalue weighted by atomic mass is 10.2. The number of carbonyl (C=O) groups is 2. The highest BCUT2D eigenvalue weighted by molar-refractivity contribution is 6.31. The van der Waals surface area contributed by atoms with Gasteiger partial charge in [0.05, 0.1) is 13.7 Å². The molecular weight excluding hydrogens is 382 g/mol. The number of carbonyl (C=O) groups excluding carboxylic acids is 2. The maximum absolute atomic E-state index is 12.3. The topological polar surface area (TPSA) is 73.9 Å². The van der Waals surface area contributed by atoms with Crippen molar-refractivity contribution in [3.05, 3.63) is 58.6 Å². The second kappa shape index (κ2) is 9.46. The molecule has 28 heavy (non-hydrogen) atoms. The fraction of sp³-hybridized carbons (Fsp3) is 0.333. The Labute approximate surface area is 168 Å². The summed E-state index contributed by atoms with van der Waals surface area (Å²) >= 11 is 6.13. The first-order chi connectivity index (χ1) is 13.6. The molecule has 0 bridgehead atoms. The lowest BCUT2D eigenvalue weighted by Crippen LogP contribution is -2.30. The number of methoxy groups -OCH3 is 1. The van der Waals surface area contributed by atoms with Crippen LogP contribution in [0, 0.1) is 5.92 Å². The van der Waals surface area contributed by atoms with Gasteiger partial charge in [-0.1, -0.05) is 29.8 Å². The number of nitrogens with one attached hydrogen (secondary N) is 1. The molecule has 0 aromatic heterocycles. The minimum absolute atomic E-state index is 0.168. The Morgan fingerprint density at radius 2 is 1.93 bits per heavy atom. The van der Waals surface area contributed by atoms with Gasteiger partial charge in [-0.05, 0) is 43.0 Å². The van der Waals surface area contributed by atoms with Crippen molar-refractivity contribution in [1.82, 2.24) is 5.32 Å². The molecule has 0 unspecified atom stereocenters. The van der Waals surface area contributed by atoms with Crippen molar-refractivity contribution >= 4 is 23.5 Å². The molecule has 1 fully saturated rings. The summed E-state index contributed by atoms with van der Waals surface area (Å²) in [5.41, 5.74) is 1.20. The molecule has 1 amide bonds. The van der Waals surface area contributed by atoms with Gasteiger partial charge in [-0.25, -0.2) is 0 Å². The van der Waals surface area contributed by atoms with E-state index in [1.165, 1.54) is 7.11 Å². The van der Waals surface area contributed by atoms with Crippen LogP contribution in [0.15, 0.2) is 42.5 Å². The summed E-state index contributed by atoms with van der Waals surface area (Å²) < 4.78 is 16.2. The SMILES string of the molecule is COc1cc(C(=O)NCC(=O)OCC2CC2)ccc1OCc1ccccc1Cl. The van der Waals surface area contributed by atoms with Crippen LogP contribution >= 0.6 is 11.6 Å². The van der Waals surface area contributed by atoms with Crippen LogP contribution < -0.4 is 14.8 Å². The molecule has 0 heterocycles. The van der Waals surface area contributed by atoms with Crippen LogP contribution in [0.4, 0.5) is 0 Å². The minimum atomic E-state index is -0.438. The van der Waals surface area contributed by atoms with E-state index in [4.69, 9.17) is 25.8 Å². The third-order valence-corrected chi connectivity index (χ3v) is 4.71. The third-order valence-electron chi connectivity index (χ3n) is 4.34. The Balaban J connectivity index is 1.56. The molecule has 1 aliphatic carbocycles. The van der Waals surface area contributed by atoms with E-state index in [1.807, 2.05) is 18.2 Å². The maximum Gasteiger partial charge on any atom is 0.325 e. The largest absolute Gasteiger partial charge is 0.493 e. The van der Waals surface area contributed by atoms with Crippen molar-refractivity contribution in [3.63, 3.8) is 0 Å². The van der Waals surface area contributed by atoms with Gasteiger partial charge in [0, 0.05) is 16.1 Å². The summed E-state index contributed by atoms with van der Waals surface area (Å²) in [4.78, 5) is 23.9. The number of hydrogen-bond donors (Lipinski definition) is 1. The van der Waals surface area contributed by atoms with Crippen molar-refractivity contribution in [3.8, 4) is 11.5 Å². The third kappa shape index (κ3) is 5.63. The van der Waals surface area contributed by atoms with E-state index in [0.717, 1.165) is 18.4 Å². The van der Waals surface area contributed by atoms with Gasteiger partial charge in [-0.3, -0.25) is 9.59 Å². The van der Waals surface area contributed by atoms with Crippen LogP contribution in [-0.4, -0.2) is 32.1 Å². The van der Waals surface area contributed by atoms with Crippen molar-refractivity contribution < 1.29 is 23.8 Å². The van der Waals surface area contributed by atoms with Gasteiger partial charge in [-0.15, -0.1) is 0 Å². The van der Waals surface area contributed by atoms with E-state index in [2.05, 4.69) is 5.32 Å². The lowest BCUT2D eigenvalue weighted by molar-refractivity contribution is -0.142. The molecule has 1 saturated carbocycles. The van der Waals surface area contributed by atoms with Crippen molar-refractivity contribution in [2.45, 2.75) is 19.4 Å². The first-order valence-corrected chi connectivity index (χ1v) is 9.42. The van der Waals surface area contributed by atoms with Gasteiger partial charge in [0.2, 0.25) is 0 Å². The average Bonchev–Trinajstić information content (AvgIpc) is 3.54. The second-order valence-electron chi connectivity index (χ2n) is 6.55. The number of halogens is 1. The van der Waals surface area contributed by atoms with E-state index >= 15 is 0 Å². The highest BCUT2D eigenvalue weighted by atomic mass is 35.5. The molecule has 148 valence electrons. The molecule has 3 rings (SSSR count). The summed E-state index contributed by atoms with van der Waals surface area (Å²) in [6.07, 6.45) is 2.20. The fourth-order valence-electron chi connectivity index (χ4n) is 2.50. The monoisotopic (exact) mass is 403 g/mol. The number of rotatable bonds is 9. The first-order valence-electron chi connectivity index (χ1n) is 9.05. The van der Waals surface area contributed by atoms with Crippen LogP contribution in [0.1, 0.15) is 28.8 Å². The molecule has 0 saturated heterocycles. The Hall–Kier alpha value is -2.73. The van der Waals surface area contributed by atoms with E-state index in [-0.39, 0.29) is 19.1 Å². The van der Waals surface area contributed by atoms with Crippen molar-refractivity contribution in [1.29, 1.82) is 0 Å². The molecule has 0 radical (unpaired) electrons. The van der Waals surface area contributed by atoms with Gasteiger partial charge in [0.1, 0.15) is 13.2 Å². The highest BCUT2D eigenvalue weighted by Gasteiger charge is 2.23. The predicted octanol–water partition coefficient (Wildman–Crippen LogP) is 3.61. The first kappa shape index (κ1) is 20.0. The van der Waals surface area contributed by atoms with E-state index in [9.17, 15) is 9.59 Å². The van der Waals surface area contributed by atoms with Gasteiger partial charge in [0.15, 0.2) is 11.5 Å². The molecule has 0 aliphatic heterocycles. The second-order valence-corrected chi connectivity index (χ2v) is 6.96. The normalized spacial score (nSPS) is 12.9. The van der Waals surface area contributed by atoms with Crippen LogP contribution in [-0.2, 0) is 16.1 Å². The summed E-state index contributed by atoms with van der Waals surface area (Å²) in [6.45, 7) is 0.535. The number of hydrogen-bond acceptors (Lipinski definition) is 5. The van der Waals surface area contributed by atoms with E-state index in [0.29, 0.717) is 34.6 Å². The molecule has 2 aromatic rings. The van der Waals surface area contributed by atoms with Crippen molar-refractivity contribution in [2.75, 3.05) is 20.3 Å². The maximum atomic E-state index is 12.3. The number of ether oxygens (including phenoxy) is 3. The molecule has 6 nitrogen and oxygen atoms in total. The highest BCUT2D eigenvalue weighted by Crippen LogP contribution is 2.30. The zero-order valence-electron chi connectivity index (χ0n) is 15.6. The summed E-state index contributed by atoms with van der Waals surface area (Å²) in [5.74, 6) is 0.562. The Kier molecular flexibility index (Phi) is 6.76. The van der Waals surface area contributed by atoms with Crippen LogP contribution in [0.5, 0.6) is 11.5 Å². The zero-order valence-corrected chi connectivity index (χ0v) is 16.3. The van der Waals surface area contributed by atoms with Gasteiger partial charge < -0.3 is 19.5 Å². The Bertz CT molecular complexity index is 850. The number of esters is 1.